The predicted molar refractivity (Wildman–Crippen MR) is 119 cm³/mol. The number of nitrogens with zero attached hydrogens (tertiary/aromatic N) is 4. The topological polar surface area (TPSA) is 135 Å². The Hall–Kier alpha value is -3.71. The molecular formula is C20H18F2N8O2S. The Labute approximate surface area is 189 Å². The zero-order valence-corrected chi connectivity index (χ0v) is 17.8. The van der Waals surface area contributed by atoms with Crippen molar-refractivity contribution in [2.45, 2.75) is 16.8 Å². The molecule has 4 heterocycles. The number of ether oxygens (including phenoxy) is 1. The number of halogens is 2. The molecule has 5 rings (SSSR count). The Morgan fingerprint density at radius 1 is 1.42 bits per heavy atom. The van der Waals surface area contributed by atoms with E-state index in [0.717, 1.165) is 4.90 Å². The standard InChI is InChI=1S/C20H18F2N8O2S/c21-20(22)32-15-5-13-16(33-10(6-23)7-25-13)4-11(15)17-14(9-26-29-17)28-19(31)12-8-27-30-3-1-2-24-18(12)30/h1-5,8-10,20,25H,6-7,23H2,(H,26,29)(H,28,31). The number of amides is 1. The summed E-state index contributed by atoms with van der Waals surface area (Å²) in [6.07, 6.45) is 6.09. The number of carbonyl (C=O) groups excluding carboxylic acids is 1. The van der Waals surface area contributed by atoms with Crippen molar-refractivity contribution in [3.8, 4) is 17.0 Å². The maximum absolute atomic E-state index is 13.2. The molecule has 1 aliphatic heterocycles. The third kappa shape index (κ3) is 4.07. The van der Waals surface area contributed by atoms with E-state index in [2.05, 4.69) is 30.9 Å². The van der Waals surface area contributed by atoms with E-state index in [0.29, 0.717) is 35.7 Å². The van der Waals surface area contributed by atoms with Gasteiger partial charge in [0.1, 0.15) is 17.0 Å². The molecule has 10 nitrogen and oxygen atoms in total. The van der Waals surface area contributed by atoms with Crippen LogP contribution < -0.4 is 21.1 Å². The number of anilines is 2. The van der Waals surface area contributed by atoms with E-state index in [4.69, 9.17) is 10.5 Å². The van der Waals surface area contributed by atoms with E-state index in [-0.39, 0.29) is 22.3 Å². The first-order valence-electron chi connectivity index (χ1n) is 9.90. The molecule has 5 N–H and O–H groups in total. The van der Waals surface area contributed by atoms with Gasteiger partial charge in [-0.25, -0.2) is 9.50 Å². The molecule has 0 radical (unpaired) electrons. The van der Waals surface area contributed by atoms with E-state index in [9.17, 15) is 13.6 Å². The van der Waals surface area contributed by atoms with Gasteiger partial charge in [0, 0.05) is 53.5 Å². The molecule has 13 heteroatoms. The average Bonchev–Trinajstić information content (AvgIpc) is 3.45. The van der Waals surface area contributed by atoms with Crippen LogP contribution in [0.1, 0.15) is 10.4 Å². The SMILES string of the molecule is NCC1CNc2cc(OC(F)F)c(-c3n[nH]cc3NC(=O)c3cnn4cccnc34)cc2S1. The molecule has 1 aliphatic rings. The molecule has 33 heavy (non-hydrogen) atoms. The molecule has 1 unspecified atom stereocenters. The molecule has 1 atom stereocenters. The van der Waals surface area contributed by atoms with Gasteiger partial charge in [-0.15, -0.1) is 11.8 Å². The number of benzene rings is 1. The van der Waals surface area contributed by atoms with Crippen molar-refractivity contribution >= 4 is 34.7 Å². The first-order valence-corrected chi connectivity index (χ1v) is 10.8. The summed E-state index contributed by atoms with van der Waals surface area (Å²) in [4.78, 5) is 17.9. The summed E-state index contributed by atoms with van der Waals surface area (Å²) >= 11 is 1.54. The van der Waals surface area contributed by atoms with Crippen molar-refractivity contribution in [1.29, 1.82) is 0 Å². The fourth-order valence-electron chi connectivity index (χ4n) is 3.52. The van der Waals surface area contributed by atoms with Gasteiger partial charge in [0.2, 0.25) is 0 Å². The molecule has 1 amide bonds. The van der Waals surface area contributed by atoms with Crippen LogP contribution in [0.2, 0.25) is 0 Å². The highest BCUT2D eigenvalue weighted by atomic mass is 32.2. The number of alkyl halides is 2. The second kappa shape index (κ2) is 8.67. The zero-order valence-electron chi connectivity index (χ0n) is 17.0. The summed E-state index contributed by atoms with van der Waals surface area (Å²) in [5, 5.41) is 17.0. The maximum Gasteiger partial charge on any atom is 0.387 e. The first kappa shape index (κ1) is 21.2. The van der Waals surface area contributed by atoms with E-state index >= 15 is 0 Å². The Morgan fingerprint density at radius 2 is 2.30 bits per heavy atom. The van der Waals surface area contributed by atoms with Gasteiger partial charge >= 0.3 is 6.61 Å². The molecule has 0 saturated heterocycles. The Bertz CT molecular complexity index is 1320. The van der Waals surface area contributed by atoms with Crippen LogP contribution in [0.4, 0.5) is 20.2 Å². The summed E-state index contributed by atoms with van der Waals surface area (Å²) in [6.45, 7) is -1.96. The number of hydrogen-bond acceptors (Lipinski definition) is 8. The molecule has 0 bridgehead atoms. The van der Waals surface area contributed by atoms with Crippen molar-refractivity contribution < 1.29 is 18.3 Å². The molecule has 4 aromatic rings. The fourth-order valence-corrected chi connectivity index (χ4v) is 4.58. The van der Waals surface area contributed by atoms with Crippen LogP contribution in [0.15, 0.2) is 47.9 Å². The molecule has 0 fully saturated rings. The fraction of sp³-hybridized carbons (Fsp3) is 0.200. The number of carbonyl (C=O) groups is 1. The van der Waals surface area contributed by atoms with E-state index in [1.807, 2.05) is 0 Å². The highest BCUT2D eigenvalue weighted by Gasteiger charge is 2.25. The molecule has 0 saturated carbocycles. The highest BCUT2D eigenvalue weighted by Crippen LogP contribution is 2.44. The lowest BCUT2D eigenvalue weighted by atomic mass is 10.1. The average molecular weight is 472 g/mol. The minimum atomic E-state index is -3.03. The quantitative estimate of drug-likeness (QED) is 0.336. The first-order chi connectivity index (χ1) is 16.0. The zero-order chi connectivity index (χ0) is 22.9. The van der Waals surface area contributed by atoms with Crippen LogP contribution in [0.5, 0.6) is 5.75 Å². The van der Waals surface area contributed by atoms with E-state index < -0.39 is 12.5 Å². The number of aromatic amines is 1. The Morgan fingerprint density at radius 3 is 3.12 bits per heavy atom. The summed E-state index contributed by atoms with van der Waals surface area (Å²) < 4.78 is 32.6. The van der Waals surface area contributed by atoms with Gasteiger partial charge in [-0.1, -0.05) is 0 Å². The third-order valence-corrected chi connectivity index (χ3v) is 6.33. The number of thioether (sulfide) groups is 1. The largest absolute Gasteiger partial charge is 0.434 e. The minimum Gasteiger partial charge on any atom is -0.434 e. The van der Waals surface area contributed by atoms with E-state index in [1.165, 1.54) is 23.0 Å². The van der Waals surface area contributed by atoms with Gasteiger partial charge in [-0.05, 0) is 12.1 Å². The van der Waals surface area contributed by atoms with Gasteiger partial charge in [0.25, 0.3) is 5.91 Å². The van der Waals surface area contributed by atoms with Crippen molar-refractivity contribution in [3.05, 3.63) is 48.5 Å². The van der Waals surface area contributed by atoms with Gasteiger partial charge in [0.15, 0.2) is 5.65 Å². The van der Waals surface area contributed by atoms with Crippen molar-refractivity contribution in [2.75, 3.05) is 23.7 Å². The van der Waals surface area contributed by atoms with Gasteiger partial charge in [-0.2, -0.15) is 19.0 Å². The van der Waals surface area contributed by atoms with Crippen LogP contribution in [0.25, 0.3) is 16.9 Å². The van der Waals surface area contributed by atoms with Crippen LogP contribution in [0.3, 0.4) is 0 Å². The summed E-state index contributed by atoms with van der Waals surface area (Å²) in [5.41, 5.74) is 7.94. The van der Waals surface area contributed by atoms with Crippen molar-refractivity contribution in [1.82, 2.24) is 24.8 Å². The van der Waals surface area contributed by atoms with Gasteiger partial charge in [0.05, 0.1) is 17.6 Å². The van der Waals surface area contributed by atoms with Crippen molar-refractivity contribution in [3.63, 3.8) is 0 Å². The second-order valence-corrected chi connectivity index (χ2v) is 8.47. The number of hydrogen-bond donors (Lipinski definition) is 4. The molecule has 0 spiro atoms. The molecule has 0 aliphatic carbocycles. The number of nitrogens with two attached hydrogens (primary N) is 1. The predicted octanol–water partition coefficient (Wildman–Crippen LogP) is 2.82. The summed E-state index contributed by atoms with van der Waals surface area (Å²) in [6, 6.07) is 4.90. The summed E-state index contributed by atoms with van der Waals surface area (Å²) in [5.74, 6) is -0.539. The van der Waals surface area contributed by atoms with E-state index in [1.54, 1.807) is 36.3 Å². The van der Waals surface area contributed by atoms with Crippen LogP contribution in [0, 0.1) is 0 Å². The molecular weight excluding hydrogens is 454 g/mol. The van der Waals surface area contributed by atoms with Crippen LogP contribution in [-0.2, 0) is 0 Å². The number of H-pyrrole nitrogens is 1. The van der Waals surface area contributed by atoms with Gasteiger partial charge in [-0.3, -0.25) is 9.89 Å². The number of nitrogens with one attached hydrogen (secondary N) is 3. The number of fused-ring (bicyclic) bond motifs is 2. The molecule has 1 aromatic carbocycles. The lowest BCUT2D eigenvalue weighted by molar-refractivity contribution is -0.0494. The second-order valence-electron chi connectivity index (χ2n) is 7.13. The van der Waals surface area contributed by atoms with Crippen LogP contribution in [-0.4, -0.2) is 55.7 Å². The minimum absolute atomic E-state index is 0.0664. The monoisotopic (exact) mass is 472 g/mol. The normalized spacial score (nSPS) is 15.3. The lowest BCUT2D eigenvalue weighted by Gasteiger charge is -2.26. The number of aromatic nitrogens is 5. The van der Waals surface area contributed by atoms with Crippen LogP contribution >= 0.6 is 11.8 Å². The number of rotatable bonds is 6. The smallest absolute Gasteiger partial charge is 0.387 e. The van der Waals surface area contributed by atoms with Gasteiger partial charge < -0.3 is 21.1 Å². The Kier molecular flexibility index (Phi) is 5.56. The lowest BCUT2D eigenvalue weighted by Crippen LogP contribution is -2.28. The summed E-state index contributed by atoms with van der Waals surface area (Å²) in [7, 11) is 0. The third-order valence-electron chi connectivity index (χ3n) is 5.04. The maximum atomic E-state index is 13.2. The highest BCUT2D eigenvalue weighted by molar-refractivity contribution is 8.00. The van der Waals surface area contributed by atoms with Crippen molar-refractivity contribution in [2.24, 2.45) is 5.73 Å². The molecule has 3 aromatic heterocycles. The Balaban J connectivity index is 1.51. The molecule has 170 valence electrons.